The number of esters is 1. The second-order valence-electron chi connectivity index (χ2n) is 13.7. The second kappa shape index (κ2) is 10.3. The standard InChI is InChI=1S/C35H42O7/c1-20(21-5-6-23-16-26(41-4)9-7-22(23)15-21)32(39)42-19-30(38)35(40)14-12-28-27-10-8-24-17-25(36)11-13-33(24,2)31(27)29(37)18-34(28,35)3/h5-7,9,15-17,20,27-29,31,37,40H,8,10-14,18-19H2,1-4H3/t20-,27-,28-,29-,31+,33-,34-,35-/m0/s1. The van der Waals surface area contributed by atoms with E-state index >= 15 is 0 Å². The van der Waals surface area contributed by atoms with Crippen molar-refractivity contribution in [3.8, 4) is 5.75 Å². The first-order valence-electron chi connectivity index (χ1n) is 15.3. The lowest BCUT2D eigenvalue weighted by Gasteiger charge is -2.60. The summed E-state index contributed by atoms with van der Waals surface area (Å²) in [5.41, 5.74) is -0.789. The molecule has 0 radical (unpaired) electrons. The van der Waals surface area contributed by atoms with Gasteiger partial charge < -0.3 is 19.7 Å². The number of hydrogen-bond acceptors (Lipinski definition) is 7. The van der Waals surface area contributed by atoms with Crippen LogP contribution < -0.4 is 4.74 Å². The van der Waals surface area contributed by atoms with Gasteiger partial charge in [-0.05, 0) is 103 Å². The molecule has 0 spiro atoms. The zero-order chi connectivity index (χ0) is 30.0. The quantitative estimate of drug-likeness (QED) is 0.451. The molecule has 4 aliphatic rings. The van der Waals surface area contributed by atoms with Gasteiger partial charge in [0.1, 0.15) is 11.4 Å². The maximum Gasteiger partial charge on any atom is 0.313 e. The topological polar surface area (TPSA) is 110 Å². The zero-order valence-electron chi connectivity index (χ0n) is 25.0. The third kappa shape index (κ3) is 4.34. The maximum absolute atomic E-state index is 13.7. The fourth-order valence-electron chi connectivity index (χ4n) is 9.31. The minimum Gasteiger partial charge on any atom is -0.497 e. The predicted molar refractivity (Wildman–Crippen MR) is 158 cm³/mol. The van der Waals surface area contributed by atoms with Crippen LogP contribution in [0.4, 0.5) is 0 Å². The molecule has 224 valence electrons. The summed E-state index contributed by atoms with van der Waals surface area (Å²) in [6, 6.07) is 11.5. The lowest BCUT2D eigenvalue weighted by Crippen LogP contribution is -2.62. The first kappa shape index (κ1) is 29.1. The highest BCUT2D eigenvalue weighted by Gasteiger charge is 2.68. The number of aliphatic hydroxyl groups excluding tert-OH is 1. The van der Waals surface area contributed by atoms with E-state index in [4.69, 9.17) is 9.47 Å². The number of hydrogen-bond donors (Lipinski definition) is 2. The monoisotopic (exact) mass is 574 g/mol. The summed E-state index contributed by atoms with van der Waals surface area (Å²) < 4.78 is 10.8. The Bertz CT molecular complexity index is 1480. The molecule has 7 heteroatoms. The molecule has 3 fully saturated rings. The number of ether oxygens (including phenoxy) is 2. The molecule has 0 saturated heterocycles. The highest BCUT2D eigenvalue weighted by atomic mass is 16.5. The number of allylic oxidation sites excluding steroid dienone is 1. The van der Waals surface area contributed by atoms with Crippen molar-refractivity contribution < 1.29 is 34.1 Å². The molecule has 6 rings (SSSR count). The number of benzene rings is 2. The molecule has 8 atom stereocenters. The zero-order valence-corrected chi connectivity index (χ0v) is 25.0. The third-order valence-electron chi connectivity index (χ3n) is 11.8. The summed E-state index contributed by atoms with van der Waals surface area (Å²) in [5, 5.41) is 25.5. The Morgan fingerprint density at radius 1 is 1.05 bits per heavy atom. The van der Waals surface area contributed by atoms with Crippen LogP contribution in [0, 0.1) is 28.6 Å². The Balaban J connectivity index is 1.16. The van der Waals surface area contributed by atoms with E-state index in [9.17, 15) is 24.6 Å². The minimum absolute atomic E-state index is 0.00263. The van der Waals surface area contributed by atoms with Gasteiger partial charge in [-0.25, -0.2) is 0 Å². The molecule has 0 heterocycles. The van der Waals surface area contributed by atoms with Crippen LogP contribution in [0.1, 0.15) is 77.2 Å². The molecule has 0 aliphatic heterocycles. The summed E-state index contributed by atoms with van der Waals surface area (Å²) in [6.45, 7) is 5.38. The van der Waals surface area contributed by atoms with Crippen LogP contribution in [-0.4, -0.2) is 53.2 Å². The van der Waals surface area contributed by atoms with Gasteiger partial charge in [-0.2, -0.15) is 0 Å². The van der Waals surface area contributed by atoms with Gasteiger partial charge in [0.15, 0.2) is 12.4 Å². The van der Waals surface area contributed by atoms with E-state index in [2.05, 4.69) is 6.92 Å². The number of ketones is 2. The van der Waals surface area contributed by atoms with Gasteiger partial charge in [-0.15, -0.1) is 0 Å². The highest BCUT2D eigenvalue weighted by molar-refractivity contribution is 5.93. The Morgan fingerprint density at radius 3 is 2.55 bits per heavy atom. The maximum atomic E-state index is 13.7. The summed E-state index contributed by atoms with van der Waals surface area (Å²) in [6.07, 6.45) is 5.29. The fourth-order valence-corrected chi connectivity index (χ4v) is 9.31. The van der Waals surface area contributed by atoms with Crippen molar-refractivity contribution in [3.63, 3.8) is 0 Å². The van der Waals surface area contributed by atoms with Crippen LogP contribution in [-0.2, 0) is 19.1 Å². The number of Topliss-reactive ketones (excluding diaryl/α,β-unsaturated/α-hetero) is 1. The molecule has 2 aromatic carbocycles. The van der Waals surface area contributed by atoms with E-state index in [0.29, 0.717) is 25.7 Å². The number of carbonyl (C=O) groups is 3. The molecule has 0 bridgehead atoms. The van der Waals surface area contributed by atoms with Gasteiger partial charge in [-0.3, -0.25) is 14.4 Å². The average molecular weight is 575 g/mol. The van der Waals surface area contributed by atoms with Crippen LogP contribution in [0.3, 0.4) is 0 Å². The fraction of sp³-hybridized carbons (Fsp3) is 0.571. The molecule has 7 nitrogen and oxygen atoms in total. The number of fused-ring (bicyclic) bond motifs is 6. The number of methoxy groups -OCH3 is 1. The van der Waals surface area contributed by atoms with Crippen molar-refractivity contribution >= 4 is 28.3 Å². The van der Waals surface area contributed by atoms with E-state index in [1.807, 2.05) is 43.3 Å². The largest absolute Gasteiger partial charge is 0.497 e. The predicted octanol–water partition coefficient (Wildman–Crippen LogP) is 5.30. The van der Waals surface area contributed by atoms with Crippen LogP contribution in [0.2, 0.25) is 0 Å². The molecule has 2 N–H and O–H groups in total. The van der Waals surface area contributed by atoms with Crippen LogP contribution >= 0.6 is 0 Å². The van der Waals surface area contributed by atoms with Gasteiger partial charge in [0.05, 0.1) is 19.1 Å². The molecule has 42 heavy (non-hydrogen) atoms. The molecule has 0 aromatic heterocycles. The third-order valence-corrected chi connectivity index (χ3v) is 11.8. The van der Waals surface area contributed by atoms with E-state index in [-0.39, 0.29) is 29.0 Å². The summed E-state index contributed by atoms with van der Waals surface area (Å²) in [4.78, 5) is 38.9. The lowest BCUT2D eigenvalue weighted by molar-refractivity contribution is -0.184. The van der Waals surface area contributed by atoms with Crippen molar-refractivity contribution in [2.24, 2.45) is 28.6 Å². The first-order valence-corrected chi connectivity index (χ1v) is 15.3. The highest BCUT2D eigenvalue weighted by Crippen LogP contribution is 2.67. The van der Waals surface area contributed by atoms with E-state index in [1.165, 1.54) is 0 Å². The van der Waals surface area contributed by atoms with Crippen LogP contribution in [0.5, 0.6) is 5.75 Å². The van der Waals surface area contributed by atoms with Crippen molar-refractivity contribution in [1.82, 2.24) is 0 Å². The molecular weight excluding hydrogens is 532 g/mol. The van der Waals surface area contributed by atoms with Crippen LogP contribution in [0.15, 0.2) is 48.0 Å². The number of rotatable bonds is 6. The van der Waals surface area contributed by atoms with Crippen molar-refractivity contribution in [3.05, 3.63) is 53.6 Å². The van der Waals surface area contributed by atoms with E-state index in [0.717, 1.165) is 46.9 Å². The summed E-state index contributed by atoms with van der Waals surface area (Å²) >= 11 is 0. The molecule has 4 aliphatic carbocycles. The van der Waals surface area contributed by atoms with Gasteiger partial charge in [-0.1, -0.05) is 43.7 Å². The lowest BCUT2D eigenvalue weighted by atomic mass is 9.45. The van der Waals surface area contributed by atoms with Crippen molar-refractivity contribution in [2.75, 3.05) is 13.7 Å². The smallest absolute Gasteiger partial charge is 0.313 e. The Hall–Kier alpha value is -3.03. The van der Waals surface area contributed by atoms with E-state index in [1.54, 1.807) is 20.1 Å². The molecule has 0 unspecified atom stereocenters. The van der Waals surface area contributed by atoms with Crippen molar-refractivity contribution in [2.45, 2.75) is 83.3 Å². The van der Waals surface area contributed by atoms with Gasteiger partial charge >= 0.3 is 5.97 Å². The molecular formula is C35H42O7. The molecule has 2 aromatic rings. The summed E-state index contributed by atoms with van der Waals surface area (Å²) in [5.74, 6) is -0.439. The molecule has 0 amide bonds. The Kier molecular flexibility index (Phi) is 7.13. The number of carbonyl (C=O) groups excluding carboxylic acids is 3. The SMILES string of the molecule is COc1ccc2cc([C@H](C)C(=O)OCC(=O)[C@@]3(O)CC[C@H]4[C@@H]5CCC6=CC(=O)CC[C@]6(C)[C@H]5[C@@H](O)C[C@@]43C)ccc2c1. The van der Waals surface area contributed by atoms with Gasteiger partial charge in [0.25, 0.3) is 0 Å². The normalized spacial score (nSPS) is 36.3. The average Bonchev–Trinajstić information content (AvgIpc) is 3.25. The second-order valence-corrected chi connectivity index (χ2v) is 13.7. The first-order chi connectivity index (χ1) is 19.9. The molecule has 3 saturated carbocycles. The van der Waals surface area contributed by atoms with Gasteiger partial charge in [0, 0.05) is 11.8 Å². The number of aliphatic hydroxyl groups is 2. The van der Waals surface area contributed by atoms with Crippen molar-refractivity contribution in [1.29, 1.82) is 0 Å². The van der Waals surface area contributed by atoms with E-state index < -0.39 is 41.4 Å². The Morgan fingerprint density at radius 2 is 1.79 bits per heavy atom. The van der Waals surface area contributed by atoms with Gasteiger partial charge in [0.2, 0.25) is 5.78 Å². The minimum atomic E-state index is -1.67. The summed E-state index contributed by atoms with van der Waals surface area (Å²) in [7, 11) is 1.62. The Labute approximate surface area is 247 Å². The van der Waals surface area contributed by atoms with Crippen LogP contribution in [0.25, 0.3) is 10.8 Å².